The zero-order chi connectivity index (χ0) is 17.8. The molecular formula is C19H25BrN4O. The van der Waals surface area contributed by atoms with E-state index in [4.69, 9.17) is 0 Å². The van der Waals surface area contributed by atoms with E-state index in [1.165, 1.54) is 0 Å². The Kier molecular flexibility index (Phi) is 5.91. The number of hydrogen-bond acceptors (Lipinski definition) is 3. The van der Waals surface area contributed by atoms with Gasteiger partial charge in [-0.2, -0.15) is 5.10 Å². The highest BCUT2D eigenvalue weighted by Crippen LogP contribution is 2.20. The Labute approximate surface area is 157 Å². The van der Waals surface area contributed by atoms with E-state index in [2.05, 4.69) is 32.9 Å². The van der Waals surface area contributed by atoms with Crippen LogP contribution >= 0.6 is 15.9 Å². The van der Waals surface area contributed by atoms with Crippen molar-refractivity contribution in [2.45, 2.75) is 26.7 Å². The van der Waals surface area contributed by atoms with Gasteiger partial charge in [0.25, 0.3) is 5.91 Å². The average molecular weight is 405 g/mol. The third-order valence-electron chi connectivity index (χ3n) is 4.71. The maximum atomic E-state index is 13.0. The second-order valence-corrected chi connectivity index (χ2v) is 7.44. The topological polar surface area (TPSA) is 41.4 Å². The molecule has 0 atom stereocenters. The number of aromatic nitrogens is 2. The molecule has 0 saturated carbocycles. The standard InChI is InChI=1S/C19H25BrN4O/c1-3-8-22-9-5-10-23(12-11-22)19(25)18-14-21-24(15(18)2)17-7-4-6-16(20)13-17/h4,6-7,13-14H,3,5,8-12H2,1-2H3. The highest BCUT2D eigenvalue weighted by atomic mass is 79.9. The van der Waals surface area contributed by atoms with Crippen molar-refractivity contribution in [3.63, 3.8) is 0 Å². The average Bonchev–Trinajstić information content (AvgIpc) is 2.83. The predicted molar refractivity (Wildman–Crippen MR) is 103 cm³/mol. The first-order valence-electron chi connectivity index (χ1n) is 8.92. The molecule has 5 nitrogen and oxygen atoms in total. The molecule has 0 bridgehead atoms. The Morgan fingerprint density at radius 3 is 2.84 bits per heavy atom. The summed E-state index contributed by atoms with van der Waals surface area (Å²) < 4.78 is 2.83. The lowest BCUT2D eigenvalue weighted by molar-refractivity contribution is 0.0760. The number of carbonyl (C=O) groups is 1. The zero-order valence-electron chi connectivity index (χ0n) is 14.9. The van der Waals surface area contributed by atoms with E-state index in [1.807, 2.05) is 40.8 Å². The van der Waals surface area contributed by atoms with E-state index < -0.39 is 0 Å². The van der Waals surface area contributed by atoms with E-state index in [1.54, 1.807) is 6.20 Å². The van der Waals surface area contributed by atoms with Crippen molar-refractivity contribution in [1.82, 2.24) is 19.6 Å². The van der Waals surface area contributed by atoms with Crippen LogP contribution in [0.25, 0.3) is 5.69 Å². The van der Waals surface area contributed by atoms with Crippen molar-refractivity contribution in [2.24, 2.45) is 0 Å². The van der Waals surface area contributed by atoms with E-state index in [0.717, 1.165) is 61.4 Å². The lowest BCUT2D eigenvalue weighted by atomic mass is 10.2. The first-order chi connectivity index (χ1) is 12.1. The van der Waals surface area contributed by atoms with Crippen LogP contribution in [-0.2, 0) is 0 Å². The van der Waals surface area contributed by atoms with Gasteiger partial charge in [0.15, 0.2) is 0 Å². The zero-order valence-corrected chi connectivity index (χ0v) is 16.5. The van der Waals surface area contributed by atoms with Gasteiger partial charge in [-0.3, -0.25) is 4.79 Å². The van der Waals surface area contributed by atoms with Gasteiger partial charge in [-0.25, -0.2) is 4.68 Å². The van der Waals surface area contributed by atoms with Gasteiger partial charge < -0.3 is 9.80 Å². The van der Waals surface area contributed by atoms with Crippen LogP contribution in [0.5, 0.6) is 0 Å². The molecule has 2 heterocycles. The van der Waals surface area contributed by atoms with Crippen molar-refractivity contribution in [3.8, 4) is 5.69 Å². The fourth-order valence-corrected chi connectivity index (χ4v) is 3.76. The molecule has 3 rings (SSSR count). The summed E-state index contributed by atoms with van der Waals surface area (Å²) in [6.45, 7) is 8.92. The molecule has 1 fully saturated rings. The van der Waals surface area contributed by atoms with Crippen LogP contribution in [0.4, 0.5) is 0 Å². The molecule has 0 N–H and O–H groups in total. The number of carbonyl (C=O) groups excluding carboxylic acids is 1. The van der Waals surface area contributed by atoms with Gasteiger partial charge in [0, 0.05) is 24.1 Å². The fraction of sp³-hybridized carbons (Fsp3) is 0.474. The van der Waals surface area contributed by atoms with Crippen LogP contribution < -0.4 is 0 Å². The fourth-order valence-electron chi connectivity index (χ4n) is 3.37. The molecule has 134 valence electrons. The SMILES string of the molecule is CCCN1CCCN(C(=O)c2cnn(-c3cccc(Br)c3)c2C)CC1. The molecule has 0 radical (unpaired) electrons. The summed E-state index contributed by atoms with van der Waals surface area (Å²) in [5.74, 6) is 0.0945. The lowest BCUT2D eigenvalue weighted by Gasteiger charge is -2.21. The number of amides is 1. The van der Waals surface area contributed by atoms with Crippen molar-refractivity contribution in [3.05, 3.63) is 46.2 Å². The maximum absolute atomic E-state index is 13.0. The van der Waals surface area contributed by atoms with Crippen LogP contribution in [0.1, 0.15) is 35.8 Å². The smallest absolute Gasteiger partial charge is 0.257 e. The minimum absolute atomic E-state index is 0.0945. The minimum atomic E-state index is 0.0945. The Morgan fingerprint density at radius 2 is 2.08 bits per heavy atom. The van der Waals surface area contributed by atoms with Gasteiger partial charge >= 0.3 is 0 Å². The van der Waals surface area contributed by atoms with Crippen molar-refractivity contribution < 1.29 is 4.79 Å². The summed E-state index contributed by atoms with van der Waals surface area (Å²) in [6, 6.07) is 7.95. The Hall–Kier alpha value is -1.66. The molecule has 0 spiro atoms. The minimum Gasteiger partial charge on any atom is -0.337 e. The maximum Gasteiger partial charge on any atom is 0.257 e. The number of rotatable bonds is 4. The molecule has 2 aromatic rings. The second kappa shape index (κ2) is 8.15. The van der Waals surface area contributed by atoms with Gasteiger partial charge in [-0.15, -0.1) is 0 Å². The molecule has 1 aromatic heterocycles. The monoisotopic (exact) mass is 404 g/mol. The Bertz CT molecular complexity index is 743. The Balaban J connectivity index is 1.77. The molecule has 0 aliphatic carbocycles. The lowest BCUT2D eigenvalue weighted by Crippen LogP contribution is -2.35. The molecule has 1 aliphatic rings. The normalized spacial score (nSPS) is 16.0. The highest BCUT2D eigenvalue weighted by molar-refractivity contribution is 9.10. The van der Waals surface area contributed by atoms with Gasteiger partial charge in [-0.1, -0.05) is 28.9 Å². The third kappa shape index (κ3) is 4.12. The van der Waals surface area contributed by atoms with Crippen LogP contribution in [0.2, 0.25) is 0 Å². The Morgan fingerprint density at radius 1 is 1.24 bits per heavy atom. The summed E-state index contributed by atoms with van der Waals surface area (Å²) in [5, 5.41) is 4.45. The number of nitrogens with zero attached hydrogens (tertiary/aromatic N) is 4. The molecular weight excluding hydrogens is 380 g/mol. The van der Waals surface area contributed by atoms with Crippen molar-refractivity contribution in [1.29, 1.82) is 0 Å². The summed E-state index contributed by atoms with van der Waals surface area (Å²) in [5.41, 5.74) is 2.54. The van der Waals surface area contributed by atoms with Crippen LogP contribution in [0.15, 0.2) is 34.9 Å². The predicted octanol–water partition coefficient (Wildman–Crippen LogP) is 3.50. The summed E-state index contributed by atoms with van der Waals surface area (Å²) in [4.78, 5) is 17.4. The molecule has 1 aromatic carbocycles. The van der Waals surface area contributed by atoms with Gasteiger partial charge in [0.2, 0.25) is 0 Å². The number of hydrogen-bond donors (Lipinski definition) is 0. The van der Waals surface area contributed by atoms with E-state index in [9.17, 15) is 4.79 Å². The first-order valence-corrected chi connectivity index (χ1v) is 9.71. The summed E-state index contributed by atoms with van der Waals surface area (Å²) in [7, 11) is 0. The molecule has 1 amide bonds. The molecule has 1 aliphatic heterocycles. The second-order valence-electron chi connectivity index (χ2n) is 6.52. The van der Waals surface area contributed by atoms with E-state index in [-0.39, 0.29) is 5.91 Å². The van der Waals surface area contributed by atoms with Crippen LogP contribution in [0, 0.1) is 6.92 Å². The first kappa shape index (κ1) is 18.1. The van der Waals surface area contributed by atoms with E-state index >= 15 is 0 Å². The van der Waals surface area contributed by atoms with Gasteiger partial charge in [0.1, 0.15) is 0 Å². The van der Waals surface area contributed by atoms with E-state index in [0.29, 0.717) is 5.56 Å². The quantitative estimate of drug-likeness (QED) is 0.782. The van der Waals surface area contributed by atoms with Gasteiger partial charge in [0.05, 0.1) is 23.1 Å². The van der Waals surface area contributed by atoms with Crippen LogP contribution in [-0.4, -0.2) is 58.2 Å². The molecule has 25 heavy (non-hydrogen) atoms. The van der Waals surface area contributed by atoms with Gasteiger partial charge in [-0.05, 0) is 51.1 Å². The molecule has 6 heteroatoms. The third-order valence-corrected chi connectivity index (χ3v) is 5.20. The van der Waals surface area contributed by atoms with Crippen molar-refractivity contribution >= 4 is 21.8 Å². The highest BCUT2D eigenvalue weighted by Gasteiger charge is 2.23. The van der Waals surface area contributed by atoms with Crippen LogP contribution in [0.3, 0.4) is 0 Å². The van der Waals surface area contributed by atoms with Crippen molar-refractivity contribution in [2.75, 3.05) is 32.7 Å². The summed E-state index contributed by atoms with van der Waals surface area (Å²) in [6.07, 6.45) is 3.89. The molecule has 0 unspecified atom stereocenters. The molecule has 1 saturated heterocycles. The largest absolute Gasteiger partial charge is 0.337 e. The summed E-state index contributed by atoms with van der Waals surface area (Å²) >= 11 is 3.49. The number of halogens is 1. The number of benzene rings is 1.